The second kappa shape index (κ2) is 9.80. The van der Waals surface area contributed by atoms with Gasteiger partial charge in [0.25, 0.3) is 0 Å². The third-order valence-electron chi connectivity index (χ3n) is 5.70. The Labute approximate surface area is 161 Å². The lowest BCUT2D eigenvalue weighted by Crippen LogP contribution is -2.40. The van der Waals surface area contributed by atoms with Gasteiger partial charge in [0.2, 0.25) is 0 Å². The largest absolute Gasteiger partial charge is 0.0654 e. The molecule has 0 fully saturated rings. The summed E-state index contributed by atoms with van der Waals surface area (Å²) in [5.74, 6) is 0.796. The first kappa shape index (κ1) is 25.0. The molecule has 0 amide bonds. The average Bonchev–Trinajstić information content (AvgIpc) is 2.30. The Bertz CT molecular complexity index is 317. The number of unbranched alkanes of at least 4 members (excludes halogenated alkanes) is 5. The number of hydrogen-bond donors (Lipinski definition) is 0. The van der Waals surface area contributed by atoms with E-state index in [1.807, 2.05) is 0 Å². The molecule has 0 heterocycles. The topological polar surface area (TPSA) is 0 Å². The summed E-state index contributed by atoms with van der Waals surface area (Å²) in [5.41, 5.74) is 1.61. The quantitative estimate of drug-likeness (QED) is 0.325. The van der Waals surface area contributed by atoms with Gasteiger partial charge in [-0.15, -0.1) is 0 Å². The van der Waals surface area contributed by atoms with Crippen LogP contribution in [0.15, 0.2) is 0 Å². The van der Waals surface area contributed by atoms with Crippen LogP contribution in [0.25, 0.3) is 0 Å². The average molecular weight is 353 g/mol. The molecule has 0 spiro atoms. The molecule has 152 valence electrons. The summed E-state index contributed by atoms with van der Waals surface area (Å²) in [4.78, 5) is 0. The molecular formula is C25H52. The Kier molecular flexibility index (Phi) is 9.80. The molecule has 0 unspecified atom stereocenters. The minimum atomic E-state index is 0.399. The van der Waals surface area contributed by atoms with Crippen molar-refractivity contribution >= 4 is 0 Å². The van der Waals surface area contributed by atoms with Crippen molar-refractivity contribution in [3.63, 3.8) is 0 Å². The Morgan fingerprint density at radius 3 is 1.24 bits per heavy atom. The first-order chi connectivity index (χ1) is 11.1. The number of hydrogen-bond acceptors (Lipinski definition) is 0. The Morgan fingerprint density at radius 1 is 0.520 bits per heavy atom. The highest BCUT2D eigenvalue weighted by atomic mass is 14.5. The molecule has 0 atom stereocenters. The molecule has 0 N–H and O–H groups in total. The molecule has 0 heteroatoms. The lowest BCUT2D eigenvalue weighted by Gasteiger charge is -2.49. The second-order valence-corrected chi connectivity index (χ2v) is 12.6. The minimum absolute atomic E-state index is 0.399. The second-order valence-electron chi connectivity index (χ2n) is 12.6. The first-order valence-corrected chi connectivity index (χ1v) is 11.1. The molecule has 25 heavy (non-hydrogen) atoms. The van der Waals surface area contributed by atoms with Gasteiger partial charge in [-0.1, -0.05) is 115 Å². The van der Waals surface area contributed by atoms with E-state index in [1.54, 1.807) is 0 Å². The molecule has 0 aliphatic rings. The Balaban J connectivity index is 5.10. The monoisotopic (exact) mass is 352 g/mol. The lowest BCUT2D eigenvalue weighted by atomic mass is 9.56. The summed E-state index contributed by atoms with van der Waals surface area (Å²) in [7, 11) is 0. The molecule has 0 aromatic carbocycles. The smallest absolute Gasteiger partial charge is 0.0311 e. The van der Waals surface area contributed by atoms with E-state index in [2.05, 4.69) is 76.2 Å². The highest BCUT2D eigenvalue weighted by molar-refractivity contribution is 4.93. The third-order valence-corrected chi connectivity index (χ3v) is 5.70. The lowest BCUT2D eigenvalue weighted by molar-refractivity contribution is 0.00531. The van der Waals surface area contributed by atoms with Gasteiger partial charge in [-0.2, -0.15) is 0 Å². The zero-order valence-corrected chi connectivity index (χ0v) is 19.9. The van der Waals surface area contributed by atoms with Crippen LogP contribution in [-0.4, -0.2) is 0 Å². The maximum atomic E-state index is 2.55. The van der Waals surface area contributed by atoms with Gasteiger partial charge >= 0.3 is 0 Å². The Morgan fingerprint density at radius 2 is 0.880 bits per heavy atom. The van der Waals surface area contributed by atoms with E-state index in [-0.39, 0.29) is 0 Å². The van der Waals surface area contributed by atoms with Gasteiger partial charge < -0.3 is 0 Å². The molecule has 0 aromatic rings. The first-order valence-electron chi connectivity index (χ1n) is 11.1. The molecule has 0 saturated carbocycles. The fourth-order valence-electron chi connectivity index (χ4n) is 5.95. The van der Waals surface area contributed by atoms with Crippen LogP contribution >= 0.6 is 0 Å². The fraction of sp³-hybridized carbons (Fsp3) is 1.00. The van der Waals surface area contributed by atoms with Gasteiger partial charge in [-0.3, -0.25) is 0 Å². The van der Waals surface area contributed by atoms with Crippen LogP contribution < -0.4 is 0 Å². The maximum Gasteiger partial charge on any atom is -0.0311 e. The highest BCUT2D eigenvalue weighted by Crippen LogP contribution is 2.52. The van der Waals surface area contributed by atoms with E-state index in [9.17, 15) is 0 Å². The third kappa shape index (κ3) is 11.3. The summed E-state index contributed by atoms with van der Waals surface area (Å²) in [6.07, 6.45) is 12.5. The summed E-state index contributed by atoms with van der Waals surface area (Å²) in [6, 6.07) is 0. The van der Waals surface area contributed by atoms with E-state index in [0.29, 0.717) is 21.7 Å². The van der Waals surface area contributed by atoms with E-state index >= 15 is 0 Å². The highest BCUT2D eigenvalue weighted by Gasteiger charge is 2.43. The zero-order chi connectivity index (χ0) is 19.9. The van der Waals surface area contributed by atoms with Crippen LogP contribution in [0, 0.1) is 27.6 Å². The van der Waals surface area contributed by atoms with Crippen LogP contribution in [0.5, 0.6) is 0 Å². The van der Waals surface area contributed by atoms with Gasteiger partial charge in [0.05, 0.1) is 0 Å². The SMILES string of the molecule is CCCCCCCCC(C(C)(C)CC(C)(C)C)C(C)(C)CC(C)(C)C. The molecule has 0 aromatic heterocycles. The van der Waals surface area contributed by atoms with Crippen molar-refractivity contribution in [2.24, 2.45) is 27.6 Å². The minimum Gasteiger partial charge on any atom is -0.0654 e. The summed E-state index contributed by atoms with van der Waals surface area (Å²) >= 11 is 0. The van der Waals surface area contributed by atoms with E-state index in [4.69, 9.17) is 0 Å². The van der Waals surface area contributed by atoms with Gasteiger partial charge in [0, 0.05) is 0 Å². The van der Waals surface area contributed by atoms with Crippen LogP contribution in [0.1, 0.15) is 134 Å². The van der Waals surface area contributed by atoms with E-state index < -0.39 is 0 Å². The summed E-state index contributed by atoms with van der Waals surface area (Å²) in [5, 5.41) is 0. The van der Waals surface area contributed by atoms with Crippen LogP contribution in [-0.2, 0) is 0 Å². The van der Waals surface area contributed by atoms with Gasteiger partial charge in [-0.05, 0) is 46.8 Å². The molecule has 0 rings (SSSR count). The Hall–Kier alpha value is 0. The zero-order valence-electron chi connectivity index (χ0n) is 19.9. The normalized spacial score (nSPS) is 14.4. The predicted octanol–water partition coefficient (Wildman–Crippen LogP) is 9.28. The van der Waals surface area contributed by atoms with Crippen molar-refractivity contribution in [2.75, 3.05) is 0 Å². The number of rotatable bonds is 11. The molecule has 0 nitrogen and oxygen atoms in total. The van der Waals surface area contributed by atoms with E-state index in [1.165, 1.54) is 57.8 Å². The fourth-order valence-corrected chi connectivity index (χ4v) is 5.95. The molecular weight excluding hydrogens is 300 g/mol. The van der Waals surface area contributed by atoms with Crippen LogP contribution in [0.2, 0.25) is 0 Å². The molecule has 0 aliphatic heterocycles. The molecule has 0 radical (unpaired) electrons. The van der Waals surface area contributed by atoms with Crippen molar-refractivity contribution < 1.29 is 0 Å². The maximum absolute atomic E-state index is 2.55. The van der Waals surface area contributed by atoms with Crippen molar-refractivity contribution in [1.82, 2.24) is 0 Å². The van der Waals surface area contributed by atoms with Gasteiger partial charge in [0.1, 0.15) is 0 Å². The van der Waals surface area contributed by atoms with Crippen molar-refractivity contribution in [3.05, 3.63) is 0 Å². The molecule has 0 aliphatic carbocycles. The van der Waals surface area contributed by atoms with Crippen LogP contribution in [0.4, 0.5) is 0 Å². The van der Waals surface area contributed by atoms with Crippen molar-refractivity contribution in [2.45, 2.75) is 134 Å². The van der Waals surface area contributed by atoms with Gasteiger partial charge in [0.15, 0.2) is 0 Å². The van der Waals surface area contributed by atoms with Crippen molar-refractivity contribution in [1.29, 1.82) is 0 Å². The molecule has 0 saturated heterocycles. The molecule has 0 bridgehead atoms. The predicted molar refractivity (Wildman–Crippen MR) is 117 cm³/mol. The summed E-state index contributed by atoms with van der Waals surface area (Å²) < 4.78 is 0. The van der Waals surface area contributed by atoms with E-state index in [0.717, 1.165) is 5.92 Å². The standard InChI is InChI=1S/C25H52/c1-12-13-14-15-16-17-18-21(24(8,9)19-22(2,3)4)25(10,11)20-23(5,6)7/h21H,12-20H2,1-11H3. The van der Waals surface area contributed by atoms with Crippen LogP contribution in [0.3, 0.4) is 0 Å². The summed E-state index contributed by atoms with van der Waals surface area (Å²) in [6.45, 7) is 27.0. The van der Waals surface area contributed by atoms with Crippen molar-refractivity contribution in [3.8, 4) is 0 Å². The van der Waals surface area contributed by atoms with Gasteiger partial charge in [-0.25, -0.2) is 0 Å².